The van der Waals surface area contributed by atoms with Crippen LogP contribution in [0.15, 0.2) is 45.3 Å². The molecule has 0 aliphatic heterocycles. The molecule has 0 spiro atoms. The number of carbonyl (C=O) groups excluding carboxylic acids is 1. The minimum atomic E-state index is -0.275. The Balaban J connectivity index is 2.01. The van der Waals surface area contributed by atoms with Crippen LogP contribution in [-0.4, -0.2) is 16.0 Å². The molecule has 1 aromatic heterocycles. The van der Waals surface area contributed by atoms with Gasteiger partial charge in [0, 0.05) is 14.5 Å². The third kappa shape index (κ3) is 4.59. The van der Waals surface area contributed by atoms with Crippen molar-refractivity contribution in [1.82, 2.24) is 10.3 Å². The first kappa shape index (κ1) is 16.1. The summed E-state index contributed by atoms with van der Waals surface area (Å²) in [4.78, 5) is 16.3. The molecule has 4 nitrogen and oxygen atoms in total. The van der Waals surface area contributed by atoms with E-state index in [-0.39, 0.29) is 11.0 Å². The number of benzene rings is 1. The molecular weight excluding hydrogens is 418 g/mol. The van der Waals surface area contributed by atoms with Gasteiger partial charge in [-0.25, -0.2) is 4.98 Å². The van der Waals surface area contributed by atoms with E-state index in [9.17, 15) is 4.79 Å². The molecule has 0 saturated heterocycles. The highest BCUT2D eigenvalue weighted by molar-refractivity contribution is 9.10. The van der Waals surface area contributed by atoms with Gasteiger partial charge in [0.2, 0.25) is 0 Å². The van der Waals surface area contributed by atoms with Gasteiger partial charge in [-0.15, -0.1) is 0 Å². The Morgan fingerprint density at radius 3 is 2.67 bits per heavy atom. The number of anilines is 1. The van der Waals surface area contributed by atoms with Gasteiger partial charge in [-0.2, -0.15) is 0 Å². The van der Waals surface area contributed by atoms with Crippen LogP contribution >= 0.6 is 44.1 Å². The summed E-state index contributed by atoms with van der Waals surface area (Å²) in [6.45, 7) is 1.87. The largest absolute Gasteiger partial charge is 0.317 e. The van der Waals surface area contributed by atoms with Crippen LogP contribution in [0.3, 0.4) is 0 Å². The van der Waals surface area contributed by atoms with E-state index in [0.717, 1.165) is 14.6 Å². The van der Waals surface area contributed by atoms with Crippen LogP contribution in [0.25, 0.3) is 0 Å². The molecule has 21 heavy (non-hydrogen) atoms. The maximum Gasteiger partial charge on any atom is 0.257 e. The number of nitrogens with zero attached hydrogens (tertiary/aromatic N) is 1. The third-order valence-corrected chi connectivity index (χ3v) is 4.11. The van der Waals surface area contributed by atoms with Gasteiger partial charge >= 0.3 is 0 Å². The van der Waals surface area contributed by atoms with Crippen LogP contribution in [-0.2, 0) is 0 Å². The van der Waals surface area contributed by atoms with Crippen LogP contribution in [0.2, 0.25) is 0 Å². The number of aryl methyl sites for hydroxylation is 1. The smallest absolute Gasteiger partial charge is 0.257 e. The monoisotopic (exact) mass is 427 g/mol. The molecule has 0 aliphatic carbocycles. The summed E-state index contributed by atoms with van der Waals surface area (Å²) in [5, 5.41) is 5.70. The van der Waals surface area contributed by atoms with E-state index in [4.69, 9.17) is 12.2 Å². The van der Waals surface area contributed by atoms with Crippen LogP contribution < -0.4 is 10.6 Å². The number of hydrogen-bond acceptors (Lipinski definition) is 3. The molecule has 1 aromatic carbocycles. The lowest BCUT2D eigenvalue weighted by Crippen LogP contribution is -2.34. The highest BCUT2D eigenvalue weighted by atomic mass is 79.9. The number of amides is 1. The molecule has 2 rings (SSSR count). The SMILES string of the molecule is Cc1nc(NC(=S)NC(=O)c2cccc(Br)c2)ccc1Br. The molecule has 0 radical (unpaired) electrons. The van der Waals surface area contributed by atoms with Gasteiger partial charge in [0.15, 0.2) is 5.11 Å². The summed E-state index contributed by atoms with van der Waals surface area (Å²) in [7, 11) is 0. The Morgan fingerprint density at radius 2 is 2.00 bits per heavy atom. The van der Waals surface area contributed by atoms with E-state index < -0.39 is 0 Å². The van der Waals surface area contributed by atoms with Crippen molar-refractivity contribution in [3.8, 4) is 0 Å². The summed E-state index contributed by atoms with van der Waals surface area (Å²) in [5.74, 6) is 0.304. The number of halogens is 2. The van der Waals surface area contributed by atoms with Crippen LogP contribution in [0.5, 0.6) is 0 Å². The van der Waals surface area contributed by atoms with Gasteiger partial charge in [0.1, 0.15) is 5.82 Å². The second kappa shape index (κ2) is 7.11. The van der Waals surface area contributed by atoms with E-state index in [0.29, 0.717) is 11.4 Å². The number of carbonyl (C=O) groups is 1. The molecule has 0 bridgehead atoms. The molecule has 0 saturated carbocycles. The number of pyridine rings is 1. The van der Waals surface area contributed by atoms with Gasteiger partial charge in [-0.1, -0.05) is 22.0 Å². The van der Waals surface area contributed by atoms with Crippen molar-refractivity contribution in [1.29, 1.82) is 0 Å². The summed E-state index contributed by atoms with van der Waals surface area (Å²) >= 11 is 11.8. The second-order valence-electron chi connectivity index (χ2n) is 4.18. The first-order chi connectivity index (χ1) is 9.95. The molecular formula is C14H11Br2N3OS. The lowest BCUT2D eigenvalue weighted by molar-refractivity contribution is 0.0977. The zero-order valence-electron chi connectivity index (χ0n) is 11.0. The van der Waals surface area contributed by atoms with Crippen molar-refractivity contribution in [2.24, 2.45) is 0 Å². The molecule has 2 N–H and O–H groups in total. The fourth-order valence-corrected chi connectivity index (χ4v) is 2.38. The maximum absolute atomic E-state index is 12.0. The number of nitrogens with one attached hydrogen (secondary N) is 2. The Morgan fingerprint density at radius 1 is 1.24 bits per heavy atom. The summed E-state index contributed by atoms with van der Waals surface area (Å²) in [5.41, 5.74) is 1.36. The predicted octanol–water partition coefficient (Wildman–Crippen LogP) is 4.04. The van der Waals surface area contributed by atoms with E-state index in [1.807, 2.05) is 19.1 Å². The zero-order chi connectivity index (χ0) is 15.4. The summed E-state index contributed by atoms with van der Waals surface area (Å²) in [6, 6.07) is 10.7. The van der Waals surface area contributed by atoms with E-state index in [1.165, 1.54) is 0 Å². The molecule has 0 fully saturated rings. The topological polar surface area (TPSA) is 54.0 Å². The van der Waals surface area contributed by atoms with Gasteiger partial charge in [0.05, 0.1) is 5.69 Å². The van der Waals surface area contributed by atoms with E-state index >= 15 is 0 Å². The fraction of sp³-hybridized carbons (Fsp3) is 0.0714. The first-order valence-electron chi connectivity index (χ1n) is 5.97. The van der Waals surface area contributed by atoms with Crippen molar-refractivity contribution in [3.05, 3.63) is 56.6 Å². The number of rotatable bonds is 2. The summed E-state index contributed by atoms with van der Waals surface area (Å²) in [6.07, 6.45) is 0. The Hall–Kier alpha value is -1.31. The molecule has 0 unspecified atom stereocenters. The van der Waals surface area contributed by atoms with Crippen LogP contribution in [0.4, 0.5) is 5.82 Å². The molecule has 1 amide bonds. The predicted molar refractivity (Wildman–Crippen MR) is 94.5 cm³/mol. The average Bonchev–Trinajstić information content (AvgIpc) is 2.43. The molecule has 7 heteroatoms. The van der Waals surface area contributed by atoms with E-state index in [2.05, 4.69) is 47.5 Å². The highest BCUT2D eigenvalue weighted by Gasteiger charge is 2.09. The Bertz CT molecular complexity index is 706. The normalized spacial score (nSPS) is 10.0. The third-order valence-electron chi connectivity index (χ3n) is 2.58. The fourth-order valence-electron chi connectivity index (χ4n) is 1.57. The number of thiocarbonyl (C=S) groups is 1. The minimum Gasteiger partial charge on any atom is -0.317 e. The second-order valence-corrected chi connectivity index (χ2v) is 6.36. The Labute approximate surface area is 144 Å². The first-order valence-corrected chi connectivity index (χ1v) is 7.96. The quantitative estimate of drug-likeness (QED) is 0.708. The maximum atomic E-state index is 12.0. The van der Waals surface area contributed by atoms with Crippen molar-refractivity contribution >= 4 is 60.9 Å². The highest BCUT2D eigenvalue weighted by Crippen LogP contribution is 2.16. The standard InChI is InChI=1S/C14H11Br2N3OS/c1-8-11(16)5-6-12(17-8)18-14(21)19-13(20)9-3-2-4-10(15)7-9/h2-7H,1H3,(H2,17,18,19,20,21). The van der Waals surface area contributed by atoms with Gasteiger partial charge in [-0.3, -0.25) is 10.1 Å². The van der Waals surface area contributed by atoms with Gasteiger partial charge < -0.3 is 5.32 Å². The van der Waals surface area contributed by atoms with Crippen LogP contribution in [0.1, 0.15) is 16.1 Å². The average molecular weight is 429 g/mol. The summed E-state index contributed by atoms with van der Waals surface area (Å²) < 4.78 is 1.75. The van der Waals surface area contributed by atoms with Gasteiger partial charge in [0.25, 0.3) is 5.91 Å². The van der Waals surface area contributed by atoms with Crippen molar-refractivity contribution in [2.75, 3.05) is 5.32 Å². The van der Waals surface area contributed by atoms with Crippen molar-refractivity contribution in [3.63, 3.8) is 0 Å². The Kier molecular flexibility index (Phi) is 5.44. The van der Waals surface area contributed by atoms with E-state index in [1.54, 1.807) is 24.3 Å². The van der Waals surface area contributed by atoms with Crippen molar-refractivity contribution in [2.45, 2.75) is 6.92 Å². The lowest BCUT2D eigenvalue weighted by Gasteiger charge is -2.10. The molecule has 0 atom stereocenters. The number of aromatic nitrogens is 1. The van der Waals surface area contributed by atoms with Gasteiger partial charge in [-0.05, 0) is 65.4 Å². The minimum absolute atomic E-state index is 0.203. The van der Waals surface area contributed by atoms with Crippen LogP contribution in [0, 0.1) is 6.92 Å². The lowest BCUT2D eigenvalue weighted by atomic mass is 10.2. The molecule has 1 heterocycles. The number of hydrogen-bond donors (Lipinski definition) is 2. The molecule has 0 aliphatic rings. The molecule has 2 aromatic rings. The zero-order valence-corrected chi connectivity index (χ0v) is 15.0. The molecule has 108 valence electrons. The van der Waals surface area contributed by atoms with Crippen molar-refractivity contribution < 1.29 is 4.79 Å².